The lowest BCUT2D eigenvalue weighted by atomic mass is 9.99. The molecule has 2 aromatic heterocycles. The Hall–Kier alpha value is -5.85. The molecule has 2 aliphatic rings. The van der Waals surface area contributed by atoms with Crippen molar-refractivity contribution in [1.82, 2.24) is 9.97 Å². The van der Waals surface area contributed by atoms with Gasteiger partial charge < -0.3 is 24.6 Å². The maximum atomic E-state index is 15.6. The number of hydrogen-bond donors (Lipinski definition) is 1. The van der Waals surface area contributed by atoms with E-state index in [0.717, 1.165) is 66.4 Å². The molecule has 5 aromatic carbocycles. The fourth-order valence-corrected chi connectivity index (χ4v) is 10.5. The van der Waals surface area contributed by atoms with Crippen LogP contribution in [0.15, 0.2) is 94.7 Å². The van der Waals surface area contributed by atoms with Gasteiger partial charge in [0, 0.05) is 79.8 Å². The number of nitrogens with zero attached hydrogens (tertiary/aromatic N) is 4. The van der Waals surface area contributed by atoms with Crippen molar-refractivity contribution >= 4 is 75.8 Å². The molecule has 4 heterocycles. The van der Waals surface area contributed by atoms with Gasteiger partial charge >= 0.3 is 0 Å². The summed E-state index contributed by atoms with van der Waals surface area (Å²) in [5.74, 6) is -3.12. The average Bonchev–Trinajstić information content (AvgIpc) is 3.28. The summed E-state index contributed by atoms with van der Waals surface area (Å²) in [6, 6.07) is 21.3. The Morgan fingerprint density at radius 3 is 1.76 bits per heavy atom. The number of aromatic nitrogens is 2. The second-order valence-electron chi connectivity index (χ2n) is 16.5. The van der Waals surface area contributed by atoms with Crippen LogP contribution in [0.4, 0.5) is 40.3 Å². The van der Waals surface area contributed by atoms with Gasteiger partial charge in [0.05, 0.1) is 91.5 Å². The molecule has 0 amide bonds. The Kier molecular flexibility index (Phi) is 13.5. The molecule has 2 fully saturated rings. The second-order valence-corrected chi connectivity index (χ2v) is 20.8. The van der Waals surface area contributed by atoms with E-state index in [1.807, 2.05) is 13.0 Å². The first-order valence-electron chi connectivity index (χ1n) is 21.2. The van der Waals surface area contributed by atoms with Gasteiger partial charge in [0.15, 0.2) is 19.7 Å². The number of pyridine rings is 2. The Morgan fingerprint density at radius 2 is 1.15 bits per heavy atom. The van der Waals surface area contributed by atoms with Crippen molar-refractivity contribution in [3.05, 3.63) is 130 Å². The number of nitrogens with one attached hydrogen (secondary N) is 1. The zero-order chi connectivity index (χ0) is 47.9. The van der Waals surface area contributed by atoms with Crippen molar-refractivity contribution < 1.29 is 43.9 Å². The number of aryl methyl sites for hydroxylation is 1. The molecule has 11 nitrogen and oxygen atoms in total. The fourth-order valence-electron chi connectivity index (χ4n) is 8.44. The van der Waals surface area contributed by atoms with Crippen molar-refractivity contribution in [3.8, 4) is 22.5 Å². The van der Waals surface area contributed by atoms with E-state index in [4.69, 9.17) is 21.1 Å². The normalized spacial score (nSPS) is 14.6. The third-order valence-corrected chi connectivity index (χ3v) is 14.5. The first kappa shape index (κ1) is 47.6. The highest BCUT2D eigenvalue weighted by Crippen LogP contribution is 2.42. The fraction of sp³-hybridized carbons (Fsp3) is 0.265. The molecule has 350 valence electrons. The number of sulfone groups is 2. The molecule has 0 radical (unpaired) electrons. The van der Waals surface area contributed by atoms with Crippen LogP contribution in [-0.2, 0) is 29.1 Å². The Morgan fingerprint density at radius 1 is 0.612 bits per heavy atom. The largest absolute Gasteiger partial charge is 0.378 e. The van der Waals surface area contributed by atoms with Crippen LogP contribution in [-0.4, -0.2) is 91.9 Å². The molecule has 1 N–H and O–H groups in total. The second kappa shape index (κ2) is 19.0. The van der Waals surface area contributed by atoms with Crippen LogP contribution in [0.25, 0.3) is 44.3 Å². The number of benzene rings is 5. The van der Waals surface area contributed by atoms with E-state index in [0.29, 0.717) is 73.2 Å². The summed E-state index contributed by atoms with van der Waals surface area (Å²) >= 11 is 6.25. The quantitative estimate of drug-likeness (QED) is 0.146. The summed E-state index contributed by atoms with van der Waals surface area (Å²) in [4.78, 5) is 13.6. The third-order valence-electron chi connectivity index (χ3n) is 11.7. The van der Waals surface area contributed by atoms with Crippen molar-refractivity contribution in [3.63, 3.8) is 0 Å². The van der Waals surface area contributed by atoms with Gasteiger partial charge in [0.25, 0.3) is 0 Å². The zero-order valence-electron chi connectivity index (χ0n) is 37.2. The number of hydrogen-bond acceptors (Lipinski definition) is 11. The number of fused-ring (bicyclic) bond motifs is 2. The standard InChI is InChI=1S/C32H34F2N4O4S.C17H12ClF2NO2S/c1-20-4-7-29(43(3,39)40)24(16-20)31-21(2)32(30-25(34)17-22(33)18-27(30)36-31)35-26-19-23(37-8-12-41-13-9-37)5-6-28(26)38-10-14-42-15-11-38;1-9-16(18)15-12(20)7-10(19)8-13(15)21-17(9)11-5-3-4-6-14(11)24(2,22)23/h4-7,16-19H,8-15H2,1-3H3,(H,35,36);3-8H,1-2H3. The highest BCUT2D eigenvalue weighted by molar-refractivity contribution is 7.91. The van der Waals surface area contributed by atoms with Crippen molar-refractivity contribution in [1.29, 1.82) is 0 Å². The van der Waals surface area contributed by atoms with E-state index in [-0.39, 0.29) is 42.3 Å². The summed E-state index contributed by atoms with van der Waals surface area (Å²) in [5, 5.41) is 3.73. The van der Waals surface area contributed by atoms with E-state index >= 15 is 4.39 Å². The van der Waals surface area contributed by atoms with Gasteiger partial charge in [-0.3, -0.25) is 0 Å². The first-order valence-corrected chi connectivity index (χ1v) is 25.4. The Labute approximate surface area is 391 Å². The molecule has 0 atom stereocenters. The minimum Gasteiger partial charge on any atom is -0.378 e. The van der Waals surface area contributed by atoms with E-state index in [9.17, 15) is 30.0 Å². The lowest BCUT2D eigenvalue weighted by molar-refractivity contribution is 0.122. The SMILES string of the molecule is Cc1c(-c2ccccc2S(C)(=O)=O)nc2cc(F)cc(F)c2c1Cl.Cc1ccc(S(C)(=O)=O)c(-c2nc3cc(F)cc(F)c3c(Nc3cc(N4CCOCC4)ccc3N3CCOCC3)c2C)c1. The zero-order valence-corrected chi connectivity index (χ0v) is 39.6. The number of rotatable bonds is 8. The summed E-state index contributed by atoms with van der Waals surface area (Å²) in [6.45, 7) is 10.5. The lowest BCUT2D eigenvalue weighted by Crippen LogP contribution is -2.37. The molecule has 9 rings (SSSR count). The van der Waals surface area contributed by atoms with Crippen LogP contribution >= 0.6 is 11.6 Å². The van der Waals surface area contributed by atoms with E-state index < -0.39 is 42.9 Å². The molecule has 2 saturated heterocycles. The van der Waals surface area contributed by atoms with E-state index in [1.54, 1.807) is 50.2 Å². The highest BCUT2D eigenvalue weighted by atomic mass is 35.5. The van der Waals surface area contributed by atoms with Gasteiger partial charge in [-0.05, 0) is 68.3 Å². The smallest absolute Gasteiger partial charge is 0.176 e. The van der Waals surface area contributed by atoms with Gasteiger partial charge in [-0.15, -0.1) is 0 Å². The summed E-state index contributed by atoms with van der Waals surface area (Å²) < 4.78 is 119. The van der Waals surface area contributed by atoms with E-state index in [1.165, 1.54) is 12.1 Å². The number of morpholine rings is 2. The molecular weight excluding hydrogens is 930 g/mol. The number of anilines is 4. The highest BCUT2D eigenvalue weighted by Gasteiger charge is 2.26. The number of halogens is 5. The van der Waals surface area contributed by atoms with Crippen molar-refractivity contribution in [2.75, 3.05) is 80.2 Å². The van der Waals surface area contributed by atoms with Gasteiger partial charge in [0.1, 0.15) is 23.3 Å². The first-order chi connectivity index (χ1) is 31.8. The number of ether oxygens (including phenoxy) is 2. The van der Waals surface area contributed by atoms with Crippen molar-refractivity contribution in [2.45, 2.75) is 30.6 Å². The molecule has 0 aliphatic carbocycles. The molecule has 0 unspecified atom stereocenters. The van der Waals surface area contributed by atoms with Crippen LogP contribution in [0, 0.1) is 44.0 Å². The van der Waals surface area contributed by atoms with Crippen LogP contribution < -0.4 is 15.1 Å². The topological polar surface area (TPSA) is 131 Å². The van der Waals surface area contributed by atoms with Crippen LogP contribution in [0.3, 0.4) is 0 Å². The minimum atomic E-state index is -3.64. The monoisotopic (exact) mass is 975 g/mol. The molecule has 0 spiro atoms. The maximum Gasteiger partial charge on any atom is 0.176 e. The maximum absolute atomic E-state index is 15.6. The predicted molar refractivity (Wildman–Crippen MR) is 255 cm³/mol. The van der Waals surface area contributed by atoms with Gasteiger partial charge in [0.2, 0.25) is 0 Å². The van der Waals surface area contributed by atoms with Crippen molar-refractivity contribution in [2.24, 2.45) is 0 Å². The molecule has 67 heavy (non-hydrogen) atoms. The third kappa shape index (κ3) is 9.93. The molecule has 18 heteroatoms. The van der Waals surface area contributed by atoms with Crippen LogP contribution in [0.5, 0.6) is 0 Å². The average molecular weight is 977 g/mol. The lowest BCUT2D eigenvalue weighted by Gasteiger charge is -2.33. The molecule has 2 aliphatic heterocycles. The van der Waals surface area contributed by atoms with Gasteiger partial charge in [-0.2, -0.15) is 0 Å². The summed E-state index contributed by atoms with van der Waals surface area (Å²) in [6.07, 6.45) is 2.23. The summed E-state index contributed by atoms with van der Waals surface area (Å²) in [7, 11) is -7.15. The molecule has 7 aromatic rings. The van der Waals surface area contributed by atoms with Gasteiger partial charge in [-0.25, -0.2) is 44.4 Å². The summed E-state index contributed by atoms with van der Waals surface area (Å²) in [5.41, 5.74) is 6.28. The van der Waals surface area contributed by atoms with Gasteiger partial charge in [-0.1, -0.05) is 41.4 Å². The Balaban J connectivity index is 0.000000214. The molecular formula is C49H46ClF4N5O6S2. The molecule has 0 bridgehead atoms. The van der Waals surface area contributed by atoms with Crippen LogP contribution in [0.2, 0.25) is 5.02 Å². The van der Waals surface area contributed by atoms with E-state index in [2.05, 4.69) is 37.2 Å². The predicted octanol–water partition coefficient (Wildman–Crippen LogP) is 10.2. The van der Waals surface area contributed by atoms with Crippen LogP contribution in [0.1, 0.15) is 16.7 Å². The minimum absolute atomic E-state index is 0.0103. The Bertz CT molecular complexity index is 3310. The molecule has 0 saturated carbocycles.